The van der Waals surface area contributed by atoms with E-state index in [1.807, 2.05) is 0 Å². The van der Waals surface area contributed by atoms with E-state index in [1.54, 1.807) is 27.9 Å². The number of alkyl halides is 1. The van der Waals surface area contributed by atoms with Gasteiger partial charge in [0, 0.05) is 33.2 Å². The molecule has 1 N–H and O–H groups in total. The van der Waals surface area contributed by atoms with Crippen molar-refractivity contribution in [2.45, 2.75) is 50.7 Å². The van der Waals surface area contributed by atoms with Gasteiger partial charge < -0.3 is 24.3 Å². The number of ether oxygens (including phenoxy) is 4. The van der Waals surface area contributed by atoms with Crippen molar-refractivity contribution in [2.75, 3.05) is 27.3 Å². The van der Waals surface area contributed by atoms with Gasteiger partial charge in [0.05, 0.1) is 6.10 Å². The number of piperidine rings is 1. The second-order valence-electron chi connectivity index (χ2n) is 5.54. The maximum Gasteiger partial charge on any atom is 0.220 e. The molecule has 2 heterocycles. The summed E-state index contributed by atoms with van der Waals surface area (Å²) in [6.45, 7) is 6.27. The van der Waals surface area contributed by atoms with E-state index in [0.29, 0.717) is 13.1 Å². The molecule has 112 valence electrons. The molecule has 0 aliphatic carbocycles. The van der Waals surface area contributed by atoms with E-state index in [2.05, 4.69) is 5.32 Å². The van der Waals surface area contributed by atoms with Gasteiger partial charge in [0.1, 0.15) is 12.3 Å². The van der Waals surface area contributed by atoms with Crippen LogP contribution in [0.15, 0.2) is 0 Å². The van der Waals surface area contributed by atoms with Crippen LogP contribution >= 0.6 is 0 Å². The lowest BCUT2D eigenvalue weighted by atomic mass is 9.88. The van der Waals surface area contributed by atoms with Gasteiger partial charge in [0.15, 0.2) is 0 Å². The predicted molar refractivity (Wildman–Crippen MR) is 67.5 cm³/mol. The van der Waals surface area contributed by atoms with Crippen LogP contribution in [0, 0.1) is 5.92 Å². The minimum absolute atomic E-state index is 0.245. The molecular weight excluding hydrogens is 253 g/mol. The number of hydrogen-bond acceptors (Lipinski definition) is 5. The zero-order chi connectivity index (χ0) is 14.3. The van der Waals surface area contributed by atoms with Gasteiger partial charge in [-0.1, -0.05) is 0 Å². The Morgan fingerprint density at radius 2 is 1.74 bits per heavy atom. The highest BCUT2D eigenvalue weighted by atomic mass is 19.1. The molecule has 0 saturated carbocycles. The summed E-state index contributed by atoms with van der Waals surface area (Å²) in [4.78, 5) is 0. The maximum absolute atomic E-state index is 13.7. The number of methoxy groups -OCH3 is 2. The Bertz CT molecular complexity index is 330. The predicted octanol–water partition coefficient (Wildman–Crippen LogP) is 1.07. The van der Waals surface area contributed by atoms with Crippen molar-refractivity contribution in [1.29, 1.82) is 0 Å². The van der Waals surface area contributed by atoms with Gasteiger partial charge in [0.2, 0.25) is 11.6 Å². The van der Waals surface area contributed by atoms with Crippen LogP contribution in [-0.4, -0.2) is 57.3 Å². The second-order valence-corrected chi connectivity index (χ2v) is 5.54. The third kappa shape index (κ3) is 2.40. The van der Waals surface area contributed by atoms with Crippen molar-refractivity contribution in [2.24, 2.45) is 5.92 Å². The molecule has 0 spiro atoms. The van der Waals surface area contributed by atoms with Crippen molar-refractivity contribution in [3.63, 3.8) is 0 Å². The smallest absolute Gasteiger partial charge is 0.220 e. The summed E-state index contributed by atoms with van der Waals surface area (Å²) in [7, 11) is 3.09. The fraction of sp³-hybridized carbons (Fsp3) is 1.00. The highest BCUT2D eigenvalue weighted by molar-refractivity contribution is 4.98. The second kappa shape index (κ2) is 5.26. The van der Waals surface area contributed by atoms with Gasteiger partial charge in [-0.25, -0.2) is 4.39 Å². The summed E-state index contributed by atoms with van der Waals surface area (Å²) >= 11 is 0. The summed E-state index contributed by atoms with van der Waals surface area (Å²) in [5.74, 6) is -2.34. The minimum Gasteiger partial charge on any atom is -0.349 e. The molecule has 0 aromatic carbocycles. The standard InChI is InChI=1S/C13H24FNO4/c1-8(14)9-6-15-7-10-11(9)19-13(3,17-5)12(2,16-4)18-10/h8-11,15H,6-7H2,1-5H3/t8?,9-,10-,11?,12?,13?/m0/s1. The number of nitrogens with one attached hydrogen (secondary N) is 1. The third-order valence-electron chi connectivity index (χ3n) is 4.45. The fourth-order valence-corrected chi connectivity index (χ4v) is 2.83. The summed E-state index contributed by atoms with van der Waals surface area (Å²) in [6.07, 6.45) is -1.56. The zero-order valence-electron chi connectivity index (χ0n) is 12.2. The normalized spacial score (nSPS) is 48.6. The SMILES string of the molecule is COC1(C)OC2[C@H](C(C)F)CNC[C@@H]2OC1(C)OC. The monoisotopic (exact) mass is 277 g/mol. The van der Waals surface area contributed by atoms with Gasteiger partial charge in [-0.3, -0.25) is 0 Å². The highest BCUT2D eigenvalue weighted by Crippen LogP contribution is 2.42. The third-order valence-corrected chi connectivity index (χ3v) is 4.45. The Morgan fingerprint density at radius 3 is 2.26 bits per heavy atom. The van der Waals surface area contributed by atoms with Gasteiger partial charge >= 0.3 is 0 Å². The van der Waals surface area contributed by atoms with E-state index in [0.717, 1.165) is 0 Å². The van der Waals surface area contributed by atoms with E-state index in [9.17, 15) is 4.39 Å². The van der Waals surface area contributed by atoms with Crippen LogP contribution in [0.25, 0.3) is 0 Å². The van der Waals surface area contributed by atoms with E-state index in [4.69, 9.17) is 18.9 Å². The van der Waals surface area contributed by atoms with Gasteiger partial charge in [-0.2, -0.15) is 0 Å². The lowest BCUT2D eigenvalue weighted by Gasteiger charge is -2.55. The molecule has 19 heavy (non-hydrogen) atoms. The van der Waals surface area contributed by atoms with E-state index in [-0.39, 0.29) is 18.1 Å². The first-order chi connectivity index (χ1) is 8.87. The molecule has 0 aromatic heterocycles. The Morgan fingerprint density at radius 1 is 1.16 bits per heavy atom. The number of halogens is 1. The molecule has 2 rings (SSSR count). The number of hydrogen-bond donors (Lipinski definition) is 1. The average molecular weight is 277 g/mol. The van der Waals surface area contributed by atoms with Crippen LogP contribution in [0.2, 0.25) is 0 Å². The lowest BCUT2D eigenvalue weighted by Crippen LogP contribution is -2.70. The summed E-state index contributed by atoms with van der Waals surface area (Å²) in [5, 5.41) is 3.18. The molecule has 6 heteroatoms. The molecule has 2 fully saturated rings. The number of fused-ring (bicyclic) bond motifs is 1. The van der Waals surface area contributed by atoms with Crippen molar-refractivity contribution in [1.82, 2.24) is 5.32 Å². The summed E-state index contributed by atoms with van der Waals surface area (Å²) in [6, 6.07) is 0. The van der Waals surface area contributed by atoms with Crippen molar-refractivity contribution in [3.8, 4) is 0 Å². The van der Waals surface area contributed by atoms with Crippen molar-refractivity contribution >= 4 is 0 Å². The Hall–Kier alpha value is -0.270. The first-order valence-electron chi connectivity index (χ1n) is 6.67. The Balaban J connectivity index is 2.26. The Labute approximate surface area is 113 Å². The van der Waals surface area contributed by atoms with Gasteiger partial charge in [0.25, 0.3) is 0 Å². The van der Waals surface area contributed by atoms with E-state index < -0.39 is 17.7 Å². The first-order valence-corrected chi connectivity index (χ1v) is 6.67. The van der Waals surface area contributed by atoms with Gasteiger partial charge in [-0.15, -0.1) is 0 Å². The van der Waals surface area contributed by atoms with E-state index >= 15 is 0 Å². The van der Waals surface area contributed by atoms with Crippen LogP contribution in [0.5, 0.6) is 0 Å². The van der Waals surface area contributed by atoms with Crippen LogP contribution < -0.4 is 5.32 Å². The molecule has 2 aliphatic heterocycles. The molecule has 0 bridgehead atoms. The van der Waals surface area contributed by atoms with Crippen LogP contribution in [-0.2, 0) is 18.9 Å². The number of rotatable bonds is 3. The molecule has 2 aliphatic rings. The largest absolute Gasteiger partial charge is 0.349 e. The molecule has 5 nitrogen and oxygen atoms in total. The maximum atomic E-state index is 13.7. The van der Waals surface area contributed by atoms with Crippen molar-refractivity contribution < 1.29 is 23.3 Å². The molecular formula is C13H24FNO4. The zero-order valence-corrected chi connectivity index (χ0v) is 12.2. The highest BCUT2D eigenvalue weighted by Gasteiger charge is 2.59. The molecule has 0 radical (unpaired) electrons. The Kier molecular flexibility index (Phi) is 4.18. The van der Waals surface area contributed by atoms with Crippen LogP contribution in [0.1, 0.15) is 20.8 Å². The van der Waals surface area contributed by atoms with Crippen LogP contribution in [0.3, 0.4) is 0 Å². The van der Waals surface area contributed by atoms with Crippen molar-refractivity contribution in [3.05, 3.63) is 0 Å². The quantitative estimate of drug-likeness (QED) is 0.836. The molecule has 0 aromatic rings. The lowest BCUT2D eigenvalue weighted by molar-refractivity contribution is -0.454. The molecule has 6 atom stereocenters. The fourth-order valence-electron chi connectivity index (χ4n) is 2.83. The van der Waals surface area contributed by atoms with E-state index in [1.165, 1.54) is 7.11 Å². The first kappa shape index (κ1) is 15.1. The van der Waals surface area contributed by atoms with Crippen LogP contribution in [0.4, 0.5) is 4.39 Å². The molecule has 0 amide bonds. The minimum atomic E-state index is -1.06. The topological polar surface area (TPSA) is 49.0 Å². The average Bonchev–Trinajstić information content (AvgIpc) is 2.39. The van der Waals surface area contributed by atoms with Gasteiger partial charge in [-0.05, 0) is 20.8 Å². The molecule has 4 unspecified atom stereocenters. The summed E-state index contributed by atoms with van der Waals surface area (Å²) in [5.41, 5.74) is 0. The molecule has 2 saturated heterocycles. The summed E-state index contributed by atoms with van der Waals surface area (Å²) < 4.78 is 36.7.